The Kier molecular flexibility index (Phi) is 3.24. The van der Waals surface area contributed by atoms with Crippen LogP contribution in [0.2, 0.25) is 0 Å². The second kappa shape index (κ2) is 4.53. The molecule has 1 heterocycles. The van der Waals surface area contributed by atoms with Crippen LogP contribution in [0.4, 0.5) is 4.39 Å². The van der Waals surface area contributed by atoms with Gasteiger partial charge in [-0.3, -0.25) is 0 Å². The molecule has 0 aromatic heterocycles. The molecule has 0 spiro atoms. The minimum atomic E-state index is -0.394. The number of ether oxygens (including phenoxy) is 2. The highest BCUT2D eigenvalue weighted by Gasteiger charge is 2.34. The lowest BCUT2D eigenvalue weighted by atomic mass is 9.89. The average Bonchev–Trinajstić information content (AvgIpc) is 2.76. The standard InChI is InChI=1S/C13H18FNO2/c1-13(7-4-8-15-13)9-5-6-10(14)12(17-3)11(9)16-2/h5-6,15H,4,7-8H2,1-3H3. The van der Waals surface area contributed by atoms with E-state index in [2.05, 4.69) is 12.2 Å². The summed E-state index contributed by atoms with van der Waals surface area (Å²) in [5, 5.41) is 3.44. The fourth-order valence-electron chi connectivity index (χ4n) is 2.49. The summed E-state index contributed by atoms with van der Waals surface area (Å²) in [4.78, 5) is 0. The van der Waals surface area contributed by atoms with Gasteiger partial charge in [-0.2, -0.15) is 0 Å². The molecule has 17 heavy (non-hydrogen) atoms. The van der Waals surface area contributed by atoms with Crippen molar-refractivity contribution in [2.75, 3.05) is 20.8 Å². The molecule has 94 valence electrons. The van der Waals surface area contributed by atoms with Crippen LogP contribution in [-0.2, 0) is 5.54 Å². The zero-order valence-electron chi connectivity index (χ0n) is 10.5. The molecule has 3 nitrogen and oxygen atoms in total. The molecule has 0 radical (unpaired) electrons. The smallest absolute Gasteiger partial charge is 0.197 e. The molecule has 1 N–H and O–H groups in total. The molecule has 2 rings (SSSR count). The lowest BCUT2D eigenvalue weighted by Gasteiger charge is -2.27. The number of rotatable bonds is 3. The van der Waals surface area contributed by atoms with Crippen LogP contribution in [0.5, 0.6) is 11.5 Å². The van der Waals surface area contributed by atoms with E-state index < -0.39 is 5.82 Å². The molecule has 1 aliphatic heterocycles. The van der Waals surface area contributed by atoms with E-state index >= 15 is 0 Å². The first-order chi connectivity index (χ1) is 8.12. The minimum absolute atomic E-state index is 0.160. The Hall–Kier alpha value is -1.29. The SMILES string of the molecule is COc1c(F)ccc(C2(C)CCCN2)c1OC. The van der Waals surface area contributed by atoms with Crippen LogP contribution in [0.15, 0.2) is 12.1 Å². The molecule has 4 heteroatoms. The lowest BCUT2D eigenvalue weighted by molar-refractivity contribution is 0.320. The van der Waals surface area contributed by atoms with Crippen LogP contribution in [-0.4, -0.2) is 20.8 Å². The summed E-state index contributed by atoms with van der Waals surface area (Å²) in [6.07, 6.45) is 2.12. The van der Waals surface area contributed by atoms with Gasteiger partial charge in [0.2, 0.25) is 0 Å². The molecule has 1 aromatic rings. The number of nitrogens with one attached hydrogen (secondary N) is 1. The summed E-state index contributed by atoms with van der Waals surface area (Å²) in [6, 6.07) is 3.21. The maximum atomic E-state index is 13.6. The Balaban J connectivity index is 2.54. The number of methoxy groups -OCH3 is 2. The fraction of sp³-hybridized carbons (Fsp3) is 0.538. The molecule has 1 fully saturated rings. The van der Waals surface area contributed by atoms with E-state index in [4.69, 9.17) is 9.47 Å². The van der Waals surface area contributed by atoms with Gasteiger partial charge in [0.25, 0.3) is 0 Å². The largest absolute Gasteiger partial charge is 0.492 e. The van der Waals surface area contributed by atoms with E-state index in [1.807, 2.05) is 0 Å². The molecule has 1 aromatic carbocycles. The first kappa shape index (κ1) is 12.2. The van der Waals surface area contributed by atoms with E-state index in [0.717, 1.165) is 24.9 Å². The highest BCUT2D eigenvalue weighted by molar-refractivity contribution is 5.50. The fourth-order valence-corrected chi connectivity index (χ4v) is 2.49. The van der Waals surface area contributed by atoms with Gasteiger partial charge in [0, 0.05) is 11.1 Å². The van der Waals surface area contributed by atoms with Crippen LogP contribution < -0.4 is 14.8 Å². The van der Waals surface area contributed by atoms with E-state index in [-0.39, 0.29) is 11.3 Å². The molecule has 0 saturated carbocycles. The second-order valence-electron chi connectivity index (χ2n) is 4.52. The van der Waals surface area contributed by atoms with Crippen LogP contribution in [0.3, 0.4) is 0 Å². The third-order valence-electron chi connectivity index (χ3n) is 3.44. The summed E-state index contributed by atoms with van der Waals surface area (Å²) in [6.45, 7) is 3.08. The van der Waals surface area contributed by atoms with Gasteiger partial charge >= 0.3 is 0 Å². The van der Waals surface area contributed by atoms with Gasteiger partial charge in [0.1, 0.15) is 0 Å². The van der Waals surface area contributed by atoms with Crippen LogP contribution in [0.25, 0.3) is 0 Å². The Morgan fingerprint density at radius 2 is 1.94 bits per heavy atom. The minimum Gasteiger partial charge on any atom is -0.492 e. The highest BCUT2D eigenvalue weighted by Crippen LogP contribution is 2.42. The Morgan fingerprint density at radius 1 is 1.24 bits per heavy atom. The predicted molar refractivity (Wildman–Crippen MR) is 64.1 cm³/mol. The monoisotopic (exact) mass is 239 g/mol. The molecule has 1 unspecified atom stereocenters. The van der Waals surface area contributed by atoms with Gasteiger partial charge < -0.3 is 14.8 Å². The first-order valence-corrected chi connectivity index (χ1v) is 5.78. The molecule has 0 bridgehead atoms. The van der Waals surface area contributed by atoms with E-state index in [0.29, 0.717) is 5.75 Å². The lowest BCUT2D eigenvalue weighted by Crippen LogP contribution is -2.33. The van der Waals surface area contributed by atoms with Gasteiger partial charge in [0.15, 0.2) is 17.3 Å². The molecule has 1 atom stereocenters. The number of hydrogen-bond donors (Lipinski definition) is 1. The number of benzene rings is 1. The number of halogens is 1. The summed E-state index contributed by atoms with van der Waals surface area (Å²) in [7, 11) is 2.99. The van der Waals surface area contributed by atoms with Crippen molar-refractivity contribution in [3.8, 4) is 11.5 Å². The summed E-state index contributed by atoms with van der Waals surface area (Å²) >= 11 is 0. The number of hydrogen-bond acceptors (Lipinski definition) is 3. The third-order valence-corrected chi connectivity index (χ3v) is 3.44. The van der Waals surface area contributed by atoms with Gasteiger partial charge in [-0.15, -0.1) is 0 Å². The molecule has 0 aliphatic carbocycles. The summed E-state index contributed by atoms with van der Waals surface area (Å²) < 4.78 is 24.0. The topological polar surface area (TPSA) is 30.5 Å². The molecule has 0 amide bonds. The van der Waals surface area contributed by atoms with Crippen molar-refractivity contribution >= 4 is 0 Å². The zero-order valence-corrected chi connectivity index (χ0v) is 10.5. The van der Waals surface area contributed by atoms with Gasteiger partial charge in [-0.1, -0.05) is 6.07 Å². The average molecular weight is 239 g/mol. The van der Waals surface area contributed by atoms with Crippen LogP contribution >= 0.6 is 0 Å². The maximum absolute atomic E-state index is 13.6. The zero-order chi connectivity index (χ0) is 12.5. The van der Waals surface area contributed by atoms with Crippen LogP contribution in [0, 0.1) is 5.82 Å². The Morgan fingerprint density at radius 3 is 2.47 bits per heavy atom. The molecule has 1 aliphatic rings. The van der Waals surface area contributed by atoms with Crippen molar-refractivity contribution in [3.05, 3.63) is 23.5 Å². The van der Waals surface area contributed by atoms with Crippen molar-refractivity contribution in [2.45, 2.75) is 25.3 Å². The normalized spacial score (nSPS) is 23.8. The van der Waals surface area contributed by atoms with E-state index in [1.165, 1.54) is 13.2 Å². The summed E-state index contributed by atoms with van der Waals surface area (Å²) in [5.74, 6) is 0.277. The maximum Gasteiger partial charge on any atom is 0.197 e. The molecule has 1 saturated heterocycles. The van der Waals surface area contributed by atoms with Crippen molar-refractivity contribution in [3.63, 3.8) is 0 Å². The van der Waals surface area contributed by atoms with Crippen LogP contribution in [0.1, 0.15) is 25.3 Å². The molecular weight excluding hydrogens is 221 g/mol. The quantitative estimate of drug-likeness (QED) is 0.878. The third kappa shape index (κ3) is 1.97. The van der Waals surface area contributed by atoms with E-state index in [9.17, 15) is 4.39 Å². The predicted octanol–water partition coefficient (Wildman–Crippen LogP) is 2.44. The Labute approximate surface area is 101 Å². The van der Waals surface area contributed by atoms with Crippen molar-refractivity contribution < 1.29 is 13.9 Å². The second-order valence-corrected chi connectivity index (χ2v) is 4.52. The highest BCUT2D eigenvalue weighted by atomic mass is 19.1. The molecular formula is C13H18FNO2. The summed E-state index contributed by atoms with van der Waals surface area (Å²) in [5.41, 5.74) is 0.794. The Bertz CT molecular complexity index is 414. The van der Waals surface area contributed by atoms with Gasteiger partial charge in [0.05, 0.1) is 14.2 Å². The first-order valence-electron chi connectivity index (χ1n) is 5.78. The van der Waals surface area contributed by atoms with Crippen molar-refractivity contribution in [2.24, 2.45) is 0 Å². The van der Waals surface area contributed by atoms with Gasteiger partial charge in [-0.05, 0) is 32.4 Å². The van der Waals surface area contributed by atoms with Crippen molar-refractivity contribution in [1.82, 2.24) is 5.32 Å². The van der Waals surface area contributed by atoms with Crippen molar-refractivity contribution in [1.29, 1.82) is 0 Å². The van der Waals surface area contributed by atoms with E-state index in [1.54, 1.807) is 13.2 Å². The van der Waals surface area contributed by atoms with Gasteiger partial charge in [-0.25, -0.2) is 4.39 Å².